The van der Waals surface area contributed by atoms with E-state index in [0.717, 1.165) is 81.6 Å². The van der Waals surface area contributed by atoms with Gasteiger partial charge in [0.15, 0.2) is 34.2 Å². The number of aromatic nitrogens is 18. The number of aliphatic hydroxyl groups is 7. The largest absolute Gasteiger partial charge is 0.497 e. The molecule has 13 N–H and O–H groups in total. The second kappa shape index (κ2) is 45.7. The molecule has 0 bridgehead atoms. The number of hydrogen-bond acceptors (Lipinski definition) is 22. The third-order valence-corrected chi connectivity index (χ3v) is 24.0. The van der Waals surface area contributed by atoms with Crippen LogP contribution in [0, 0.1) is 23.3 Å². The molecular formula is C99H73Br2Cl5F7N21O11. The number of nitrogens with zero attached hydrogens (tertiary/aromatic N) is 18. The minimum absolute atomic E-state index is 0.0646. The fourth-order valence-electron chi connectivity index (χ4n) is 15.0. The summed E-state index contributed by atoms with van der Waals surface area (Å²) in [5, 5.41) is 73.9. The molecule has 738 valence electrons. The van der Waals surface area contributed by atoms with Crippen molar-refractivity contribution < 1.29 is 85.6 Å². The maximum Gasteiger partial charge on any atom is 0.416 e. The van der Waals surface area contributed by atoms with Gasteiger partial charge in [0.2, 0.25) is 17.7 Å². The number of imidazole rings is 7. The first-order valence-electron chi connectivity index (χ1n) is 42.4. The summed E-state index contributed by atoms with van der Waals surface area (Å²) in [6, 6.07) is 51.2. The van der Waals surface area contributed by atoms with Crippen LogP contribution in [-0.2, 0) is 52.4 Å². The highest BCUT2D eigenvalue weighted by molar-refractivity contribution is 9.10. The lowest BCUT2D eigenvalue weighted by Gasteiger charge is -2.07. The number of benzene rings is 7. The van der Waals surface area contributed by atoms with E-state index in [1.165, 1.54) is 69.9 Å². The maximum absolute atomic E-state index is 13.9. The highest BCUT2D eigenvalue weighted by atomic mass is 79.9. The van der Waals surface area contributed by atoms with Crippen LogP contribution in [0.25, 0.3) is 118 Å². The molecule has 14 aromatic heterocycles. The standard InChI is InChI=1S/C15H11Cl2N3O2.2C15H11F2N3O2.C14H9BrF3N3O.C14H12BrN3O2.C13H9Cl2N3O.C13H10ClN3O/c2*16-9-2-3-10(11(17)5-9)14-12(7-21)20-6-8(15(18)22)1-4-13(20)19-14;16-10-3-1-8(5-11(10)17)14-12(7-21)20-6-9(15(18)22)2-4-13(20)19-14;15-11-6-21-10(7-22)13(20-12(21)5-19-11)8-1-3-9(4-2-8)14(16,17)18;1-20-10-4-2-3-9(5-10)14-11(8-19)18-7-12(15)16-6-13(18)17-14;14-9-3-1-8(2-4-9)13-10(7-19)18-12(16-13)6-5-11(15)17-18;14-10-3-1-9(2-4-10)13-11(8-18)17-6-5-15-7-12(17)16-13/h3*1-6,21H,7H2,(H2,18,22);1-6,22H,7H2;2-7,19H,8H2,1H3;1-6,19H,7H2;1-7,18H,8H2. The van der Waals surface area contributed by atoms with Gasteiger partial charge in [0.05, 0.1) is 179 Å². The Labute approximate surface area is 855 Å². The first kappa shape index (κ1) is 104. The summed E-state index contributed by atoms with van der Waals surface area (Å²) < 4.78 is 109. The number of pyridine rings is 3. The Kier molecular flexibility index (Phi) is 32.9. The molecule has 0 saturated carbocycles. The van der Waals surface area contributed by atoms with Crippen molar-refractivity contribution in [3.8, 4) is 84.6 Å². The Hall–Kier alpha value is -15.1. The number of methoxy groups -OCH3 is 1. The van der Waals surface area contributed by atoms with Crippen molar-refractivity contribution in [1.29, 1.82) is 0 Å². The number of nitrogens with two attached hydrogens (primary N) is 3. The summed E-state index contributed by atoms with van der Waals surface area (Å²) in [6.45, 7) is -1.75. The van der Waals surface area contributed by atoms with Crippen LogP contribution in [0.15, 0.2) is 271 Å². The van der Waals surface area contributed by atoms with Crippen molar-refractivity contribution in [2.75, 3.05) is 7.11 Å². The van der Waals surface area contributed by atoms with Gasteiger partial charge in [-0.15, -0.1) is 0 Å². The predicted octanol–water partition coefficient (Wildman–Crippen LogP) is 18.7. The molecule has 0 aliphatic carbocycles. The lowest BCUT2D eigenvalue weighted by atomic mass is 10.1. The van der Waals surface area contributed by atoms with Gasteiger partial charge >= 0.3 is 6.18 Å². The molecule has 0 radical (unpaired) electrons. The molecule has 21 aromatic rings. The highest BCUT2D eigenvalue weighted by Gasteiger charge is 2.31. The van der Waals surface area contributed by atoms with Gasteiger partial charge in [0.25, 0.3) is 0 Å². The zero-order valence-corrected chi connectivity index (χ0v) is 81.6. The first-order chi connectivity index (χ1) is 69.6. The maximum atomic E-state index is 13.9. The van der Waals surface area contributed by atoms with Crippen LogP contribution in [0.4, 0.5) is 30.7 Å². The number of rotatable bonds is 18. The molecule has 0 spiro atoms. The molecule has 14 heterocycles. The molecule has 0 atom stereocenters. The van der Waals surface area contributed by atoms with Gasteiger partial charge < -0.3 is 70.9 Å². The van der Waals surface area contributed by atoms with E-state index in [1.54, 1.807) is 137 Å². The van der Waals surface area contributed by atoms with Crippen LogP contribution in [-0.4, -0.2) is 146 Å². The molecule has 0 aliphatic rings. The minimum atomic E-state index is -4.38. The van der Waals surface area contributed by atoms with Gasteiger partial charge in [0.1, 0.15) is 48.7 Å². The highest BCUT2D eigenvalue weighted by Crippen LogP contribution is 2.38. The molecule has 0 fully saturated rings. The number of fused-ring (bicyclic) bond motifs is 7. The lowest BCUT2D eigenvalue weighted by molar-refractivity contribution is -0.137. The summed E-state index contributed by atoms with van der Waals surface area (Å²) in [7, 11) is 1.62. The molecule has 3 amide bonds. The molecule has 0 unspecified atom stereocenters. The topological polar surface area (TPSA) is 453 Å². The van der Waals surface area contributed by atoms with Gasteiger partial charge in [0, 0.05) is 103 Å². The number of amides is 3. The Morgan fingerprint density at radius 1 is 0.372 bits per heavy atom. The van der Waals surface area contributed by atoms with E-state index in [4.69, 9.17) is 79.9 Å². The predicted molar refractivity (Wildman–Crippen MR) is 534 cm³/mol. The second-order valence-electron chi connectivity index (χ2n) is 30.8. The second-order valence-corrected chi connectivity index (χ2v) is 34.5. The van der Waals surface area contributed by atoms with E-state index in [1.807, 2.05) is 57.3 Å². The van der Waals surface area contributed by atoms with Crippen LogP contribution in [0.2, 0.25) is 25.2 Å². The summed E-state index contributed by atoms with van der Waals surface area (Å²) in [4.78, 5) is 76.8. The number of alkyl halides is 3. The third-order valence-electron chi connectivity index (χ3n) is 21.9. The minimum Gasteiger partial charge on any atom is -0.497 e. The Morgan fingerprint density at radius 3 is 1.21 bits per heavy atom. The number of ether oxygens (including phenoxy) is 1. The first-order valence-corrected chi connectivity index (χ1v) is 45.9. The molecular weight excluding hydrogens is 2130 g/mol. The van der Waals surface area contributed by atoms with Crippen molar-refractivity contribution in [2.24, 2.45) is 17.2 Å². The summed E-state index contributed by atoms with van der Waals surface area (Å²) in [5.74, 6) is -4.50. The van der Waals surface area contributed by atoms with Crippen molar-refractivity contribution in [1.82, 2.24) is 85.9 Å². The third kappa shape index (κ3) is 23.2. The van der Waals surface area contributed by atoms with Gasteiger partial charge in [-0.2, -0.15) is 18.3 Å². The Bertz CT molecular complexity index is 8280. The lowest BCUT2D eigenvalue weighted by Crippen LogP contribution is -2.12. The quantitative estimate of drug-likeness (QED) is 0.0357. The molecule has 7 aromatic carbocycles. The molecule has 21 rings (SSSR count). The van der Waals surface area contributed by atoms with Gasteiger partial charge in [-0.05, 0) is 177 Å². The van der Waals surface area contributed by atoms with E-state index in [-0.39, 0.29) is 61.1 Å². The van der Waals surface area contributed by atoms with Gasteiger partial charge in [-0.3, -0.25) is 32.6 Å². The van der Waals surface area contributed by atoms with Crippen LogP contribution >= 0.6 is 89.9 Å². The van der Waals surface area contributed by atoms with Crippen molar-refractivity contribution in [3.63, 3.8) is 0 Å². The summed E-state index contributed by atoms with van der Waals surface area (Å²) >= 11 is 36.3. The number of hydrogen-bond donors (Lipinski definition) is 10. The normalized spacial score (nSPS) is 11.2. The zero-order chi connectivity index (χ0) is 104. The van der Waals surface area contributed by atoms with Gasteiger partial charge in [-0.1, -0.05) is 107 Å². The van der Waals surface area contributed by atoms with E-state index < -0.39 is 65.9 Å². The monoisotopic (exact) mass is 2200 g/mol. The van der Waals surface area contributed by atoms with Crippen molar-refractivity contribution >= 4 is 147 Å². The van der Waals surface area contributed by atoms with Crippen LogP contribution in [0.5, 0.6) is 5.75 Å². The summed E-state index contributed by atoms with van der Waals surface area (Å²) in [6.07, 6.45) is 11.7. The number of primary amides is 3. The van der Waals surface area contributed by atoms with Gasteiger partial charge in [-0.25, -0.2) is 66.9 Å². The average molecular weight is 2200 g/mol. The number of carbonyl (C=O) groups excluding carboxylic acids is 3. The van der Waals surface area contributed by atoms with Crippen molar-refractivity contribution in [3.05, 3.63) is 382 Å². The molecule has 32 nitrogen and oxygen atoms in total. The van der Waals surface area contributed by atoms with E-state index in [2.05, 4.69) is 86.8 Å². The SMILES string of the molecule is COc1cccc(-c2nc3cnc(Br)cn3c2CO)c1.NC(=O)c1ccc2nc(-c3ccc(Cl)cc3Cl)c(CO)n2c1.NC(=O)c1ccc2nc(-c3ccc(F)c(F)c3)c(CO)n2c1.NC(=O)c1ccc2nc(-c3ccc(F)cc3F)c(CO)n2c1.OCc1c(-c2ccc(C(F)(F)F)cc2)nc2cnc(Br)cn12.OCc1c(-c2ccc(Cl)cc2)nc2ccc(Cl)nn12.OCc1c(-c2ccc(Cl)cc2)nc2cnccn12. The average Bonchev–Trinajstić information content (AvgIpc) is 1.33. The fraction of sp³-hybridized carbons (Fsp3) is 0.0909. The smallest absolute Gasteiger partial charge is 0.416 e. The van der Waals surface area contributed by atoms with Crippen LogP contribution in [0.1, 0.15) is 76.5 Å². The number of aliphatic hydroxyl groups excluding tert-OH is 7. The van der Waals surface area contributed by atoms with E-state index in [9.17, 15) is 80.9 Å². The van der Waals surface area contributed by atoms with E-state index in [0.29, 0.717) is 142 Å². The number of halogens is 14. The molecule has 0 aliphatic heterocycles. The summed E-state index contributed by atoms with van der Waals surface area (Å²) in [5.41, 5.74) is 31.3. The van der Waals surface area contributed by atoms with Crippen LogP contribution in [0.3, 0.4) is 0 Å². The molecule has 145 heavy (non-hydrogen) atoms. The zero-order valence-electron chi connectivity index (χ0n) is 74.6. The number of carbonyl (C=O) groups is 3. The van der Waals surface area contributed by atoms with E-state index >= 15 is 0 Å². The Morgan fingerprint density at radius 2 is 0.759 bits per heavy atom. The van der Waals surface area contributed by atoms with Crippen LogP contribution < -0.4 is 21.9 Å². The molecule has 46 heteroatoms. The Balaban J connectivity index is 0.000000127. The van der Waals surface area contributed by atoms with Crippen molar-refractivity contribution in [2.45, 2.75) is 52.4 Å². The molecule has 0 saturated heterocycles. The fourth-order valence-corrected chi connectivity index (χ4v) is 16.5.